The van der Waals surface area contributed by atoms with E-state index in [1.165, 1.54) is 26.8 Å². The fraction of sp³-hybridized carbons (Fsp3) is 0.824. The molecule has 2 aliphatic heterocycles. The number of carbonyl (C=O) groups is 4. The van der Waals surface area contributed by atoms with Crippen LogP contribution in [0.5, 0.6) is 0 Å². The Hall–Kier alpha value is -1.22. The Kier molecular flexibility index (Phi) is 15.7. The van der Waals surface area contributed by atoms with Gasteiger partial charge in [0, 0.05) is 28.9 Å². The van der Waals surface area contributed by atoms with Crippen molar-refractivity contribution in [1.29, 1.82) is 0 Å². The summed E-state index contributed by atoms with van der Waals surface area (Å²) in [5, 5.41) is 11.9. The Labute approximate surface area is 297 Å². The average Bonchev–Trinajstić information content (AvgIpc) is 2.99. The molecule has 2 aliphatic rings. The van der Waals surface area contributed by atoms with E-state index in [4.69, 9.17) is 23.7 Å². The van der Waals surface area contributed by atoms with E-state index in [2.05, 4.69) is 31.9 Å². The van der Waals surface area contributed by atoms with Gasteiger partial charge >= 0.3 is 11.9 Å². The summed E-state index contributed by atoms with van der Waals surface area (Å²) in [6.45, 7) is 14.9. The molecule has 0 aromatic rings. The number of likely N-dealkylation sites (N-methyl/N-ethyl adjacent to an activating group) is 1. The maximum absolute atomic E-state index is 14.2. The summed E-state index contributed by atoms with van der Waals surface area (Å²) in [5.74, 6) is -4.85. The molecule has 270 valence electrons. The molecule has 0 aromatic heterocycles. The van der Waals surface area contributed by atoms with Crippen LogP contribution < -0.4 is 0 Å². The minimum absolute atomic E-state index is 0.112. The van der Waals surface area contributed by atoms with Crippen LogP contribution in [0.2, 0.25) is 0 Å². The lowest BCUT2D eigenvalue weighted by molar-refractivity contribution is -0.299. The highest BCUT2D eigenvalue weighted by Gasteiger charge is 2.51. The normalized spacial score (nSPS) is 39.9. The molecule has 2 unspecified atom stereocenters. The number of halogens is 2. The van der Waals surface area contributed by atoms with Gasteiger partial charge in [0.05, 0.1) is 30.5 Å². The summed E-state index contributed by atoms with van der Waals surface area (Å²) >= 11 is 7.05. The molecule has 0 saturated carbocycles. The Morgan fingerprint density at radius 3 is 2.32 bits per heavy atom. The average molecular weight is 798 g/mol. The molecule has 0 spiro atoms. The molecule has 0 aliphatic carbocycles. The number of Topliss-reactive ketones (excluding diaryl/α,β-unsaturated/α-hetero) is 2. The zero-order valence-corrected chi connectivity index (χ0v) is 32.9. The quantitative estimate of drug-likeness (QED) is 0.196. The first-order valence-electron chi connectivity index (χ1n) is 16.4. The van der Waals surface area contributed by atoms with E-state index < -0.39 is 71.3 Å². The van der Waals surface area contributed by atoms with Crippen LogP contribution in [0.15, 0.2) is 11.6 Å². The topological polar surface area (TPSA) is 138 Å². The lowest BCUT2D eigenvalue weighted by atomic mass is 9.76. The van der Waals surface area contributed by atoms with Crippen molar-refractivity contribution in [2.45, 2.75) is 134 Å². The van der Waals surface area contributed by atoms with Crippen molar-refractivity contribution in [1.82, 2.24) is 4.90 Å². The van der Waals surface area contributed by atoms with Gasteiger partial charge in [-0.15, -0.1) is 0 Å². The van der Waals surface area contributed by atoms with Gasteiger partial charge in [0.2, 0.25) is 0 Å². The number of alkyl halides is 2. The number of carbonyl (C=O) groups excluding carboxylic acids is 4. The molecule has 1 N–H and O–H groups in total. The van der Waals surface area contributed by atoms with Crippen LogP contribution in [-0.4, -0.2) is 112 Å². The van der Waals surface area contributed by atoms with Gasteiger partial charge in [0.15, 0.2) is 24.0 Å². The van der Waals surface area contributed by atoms with Gasteiger partial charge in [0.1, 0.15) is 17.6 Å². The number of ketones is 2. The highest BCUT2D eigenvalue weighted by molar-refractivity contribution is 9.12. The van der Waals surface area contributed by atoms with Crippen molar-refractivity contribution in [3.05, 3.63) is 11.6 Å². The standard InChI is InChI=1S/C34H55Br2NO10/c1-12-26-33(8,42)14-18(2)27(39)19(3)15-34(9,43-17-24(36)16-35)30(21(5)28(40)22(6)31(41)46-26)47-32-29(45-23(7)38)25(37(10)11)13-20(4)44-32/h14,19-22,24-26,29-30,32,42H,12-13,15-17H2,1-11H3/b18-14+/t19-,20-,21+,22-,24?,25+,26-,29-,30-,32?,33+,34+/m1/s1. The maximum Gasteiger partial charge on any atom is 0.316 e. The van der Waals surface area contributed by atoms with E-state index in [9.17, 15) is 24.3 Å². The monoisotopic (exact) mass is 795 g/mol. The lowest BCUT2D eigenvalue weighted by Gasteiger charge is -2.48. The predicted molar refractivity (Wildman–Crippen MR) is 184 cm³/mol. The van der Waals surface area contributed by atoms with Crippen LogP contribution in [0, 0.1) is 17.8 Å². The van der Waals surface area contributed by atoms with E-state index in [1.54, 1.807) is 34.6 Å². The van der Waals surface area contributed by atoms with Gasteiger partial charge < -0.3 is 33.7 Å². The number of allylic oxidation sites excluding steroid dienone is 1. The van der Waals surface area contributed by atoms with Crippen molar-refractivity contribution in [2.24, 2.45) is 17.8 Å². The molecule has 0 bridgehead atoms. The van der Waals surface area contributed by atoms with Crippen LogP contribution in [0.25, 0.3) is 0 Å². The number of hydrogen-bond acceptors (Lipinski definition) is 11. The first-order chi connectivity index (χ1) is 21.7. The second-order valence-corrected chi connectivity index (χ2v) is 15.8. The van der Waals surface area contributed by atoms with Crippen LogP contribution in [0.1, 0.15) is 81.6 Å². The molecular weight excluding hydrogens is 742 g/mol. The fourth-order valence-corrected chi connectivity index (χ4v) is 7.00. The van der Waals surface area contributed by atoms with E-state index in [0.717, 1.165) is 0 Å². The zero-order chi connectivity index (χ0) is 36.0. The van der Waals surface area contributed by atoms with E-state index >= 15 is 0 Å². The molecule has 11 nitrogen and oxygen atoms in total. The Morgan fingerprint density at radius 2 is 1.79 bits per heavy atom. The third kappa shape index (κ3) is 10.9. The molecule has 12 atom stereocenters. The second kappa shape index (κ2) is 17.6. The minimum atomic E-state index is -1.66. The first-order valence-corrected chi connectivity index (χ1v) is 18.4. The van der Waals surface area contributed by atoms with Gasteiger partial charge in [-0.1, -0.05) is 52.6 Å². The third-order valence-corrected chi connectivity index (χ3v) is 11.5. The summed E-state index contributed by atoms with van der Waals surface area (Å²) in [7, 11) is 3.76. The smallest absolute Gasteiger partial charge is 0.316 e. The molecule has 0 radical (unpaired) electrons. The van der Waals surface area contributed by atoms with Crippen molar-refractivity contribution < 1.29 is 48.0 Å². The van der Waals surface area contributed by atoms with E-state index in [1.807, 2.05) is 25.9 Å². The van der Waals surface area contributed by atoms with Gasteiger partial charge in [-0.2, -0.15) is 0 Å². The van der Waals surface area contributed by atoms with Gasteiger partial charge in [0.25, 0.3) is 0 Å². The molecule has 1 fully saturated rings. The van der Waals surface area contributed by atoms with Crippen LogP contribution in [0.3, 0.4) is 0 Å². The Morgan fingerprint density at radius 1 is 1.17 bits per heavy atom. The third-order valence-electron chi connectivity index (χ3n) is 9.22. The number of esters is 2. The molecular formula is C34H55Br2NO10. The van der Waals surface area contributed by atoms with Crippen LogP contribution in [0.4, 0.5) is 0 Å². The number of hydrogen-bond donors (Lipinski definition) is 1. The molecule has 13 heteroatoms. The molecule has 2 rings (SSSR count). The zero-order valence-electron chi connectivity index (χ0n) is 29.7. The number of cyclic esters (lactones) is 1. The molecule has 0 amide bonds. The number of rotatable bonds is 9. The highest BCUT2D eigenvalue weighted by atomic mass is 79.9. The van der Waals surface area contributed by atoms with Crippen molar-refractivity contribution in [2.75, 3.05) is 26.0 Å². The van der Waals surface area contributed by atoms with Crippen LogP contribution >= 0.6 is 31.9 Å². The van der Waals surface area contributed by atoms with Crippen molar-refractivity contribution in [3.8, 4) is 0 Å². The van der Waals surface area contributed by atoms with Crippen molar-refractivity contribution in [3.63, 3.8) is 0 Å². The molecule has 2 heterocycles. The van der Waals surface area contributed by atoms with E-state index in [-0.39, 0.29) is 42.2 Å². The van der Waals surface area contributed by atoms with E-state index in [0.29, 0.717) is 17.3 Å². The summed E-state index contributed by atoms with van der Waals surface area (Å²) in [5.41, 5.74) is -2.64. The fourth-order valence-electron chi connectivity index (χ4n) is 6.68. The Balaban J connectivity index is 2.79. The summed E-state index contributed by atoms with van der Waals surface area (Å²) < 4.78 is 31.1. The SMILES string of the molecule is CC[C@H]1OC(=O)[C@H](C)C(=O)[C@H](C)[C@@H](OC2O[C@H](C)C[C@H](N(C)C)[C@H]2OC(C)=O)[C@@](C)(OCC(Br)CBr)C[C@@H](C)C(=O)/C(C)=C/[C@]1(C)O. The van der Waals surface area contributed by atoms with Crippen molar-refractivity contribution >= 4 is 55.4 Å². The minimum Gasteiger partial charge on any atom is -0.458 e. The first kappa shape index (κ1) is 41.9. The second-order valence-electron chi connectivity index (χ2n) is 13.9. The maximum atomic E-state index is 14.2. The van der Waals surface area contributed by atoms with Gasteiger partial charge in [-0.3, -0.25) is 19.2 Å². The van der Waals surface area contributed by atoms with Gasteiger partial charge in [-0.25, -0.2) is 0 Å². The van der Waals surface area contributed by atoms with Gasteiger partial charge in [-0.05, 0) is 79.6 Å². The van der Waals surface area contributed by atoms with Crippen LogP contribution in [-0.2, 0) is 42.9 Å². The highest BCUT2D eigenvalue weighted by Crippen LogP contribution is 2.38. The predicted octanol–water partition coefficient (Wildman–Crippen LogP) is 4.77. The number of aliphatic hydroxyl groups is 1. The lowest BCUT2D eigenvalue weighted by Crippen LogP contribution is -2.60. The molecule has 0 aromatic carbocycles. The summed E-state index contributed by atoms with van der Waals surface area (Å²) in [6.07, 6.45) is -1.92. The number of nitrogens with zero attached hydrogens (tertiary/aromatic N) is 1. The molecule has 47 heavy (non-hydrogen) atoms. The largest absolute Gasteiger partial charge is 0.458 e. The molecule has 1 saturated heterocycles. The Bertz CT molecular complexity index is 1150. The number of ether oxygens (including phenoxy) is 5. The summed E-state index contributed by atoms with van der Waals surface area (Å²) in [4.78, 5) is 55.6. The summed E-state index contributed by atoms with van der Waals surface area (Å²) in [6, 6.07) is -0.259.